The second kappa shape index (κ2) is 10.3. The number of hydrogen-bond donors (Lipinski definition) is 3. The van der Waals surface area contributed by atoms with E-state index in [1.165, 1.54) is 11.1 Å². The van der Waals surface area contributed by atoms with Crippen LogP contribution in [0.2, 0.25) is 0 Å². The van der Waals surface area contributed by atoms with E-state index in [2.05, 4.69) is 51.7 Å². The van der Waals surface area contributed by atoms with E-state index in [-0.39, 0.29) is 5.75 Å². The van der Waals surface area contributed by atoms with Crippen LogP contribution >= 0.6 is 23.1 Å². The molecule has 0 unspecified atom stereocenters. The fraction of sp³-hybridized carbons (Fsp3) is 0.167. The Bertz CT molecular complexity index is 1160. The lowest BCUT2D eigenvalue weighted by Gasteiger charge is -2.04. The number of aryl methyl sites for hydroxylation is 1. The SMILES string of the molecule is NC(=Nc1ccc(CCNc2nc3ccc(O)cc3s2)cc1)SCCc1ccccc1. The maximum absolute atomic E-state index is 9.57. The molecule has 4 aromatic rings. The molecule has 7 heteroatoms. The number of nitrogens with two attached hydrogens (primary N) is 1. The molecule has 0 radical (unpaired) electrons. The number of anilines is 1. The first kappa shape index (κ1) is 21.2. The van der Waals surface area contributed by atoms with Crippen LogP contribution in [0.3, 0.4) is 0 Å². The topological polar surface area (TPSA) is 83.5 Å². The maximum atomic E-state index is 9.57. The minimum Gasteiger partial charge on any atom is -0.508 e. The molecule has 5 nitrogen and oxygen atoms in total. The maximum Gasteiger partial charge on any atom is 0.183 e. The average Bonchev–Trinajstić information content (AvgIpc) is 3.17. The van der Waals surface area contributed by atoms with Crippen LogP contribution in [-0.2, 0) is 12.8 Å². The van der Waals surface area contributed by atoms with E-state index in [1.54, 1.807) is 35.2 Å². The highest BCUT2D eigenvalue weighted by Crippen LogP contribution is 2.28. The van der Waals surface area contributed by atoms with Crippen molar-refractivity contribution >= 4 is 49.3 Å². The minimum atomic E-state index is 0.265. The third-order valence-corrected chi connectivity index (χ3v) is 6.49. The molecule has 0 aliphatic rings. The molecule has 158 valence electrons. The summed E-state index contributed by atoms with van der Waals surface area (Å²) in [5.74, 6) is 1.18. The van der Waals surface area contributed by atoms with Crippen LogP contribution in [-0.4, -0.2) is 27.6 Å². The Morgan fingerprint density at radius 1 is 1.00 bits per heavy atom. The van der Waals surface area contributed by atoms with Gasteiger partial charge in [0, 0.05) is 12.3 Å². The van der Waals surface area contributed by atoms with E-state index >= 15 is 0 Å². The molecule has 0 aliphatic carbocycles. The number of aromatic hydroxyl groups is 1. The number of hydrogen-bond acceptors (Lipinski definition) is 6. The van der Waals surface area contributed by atoms with Crippen LogP contribution in [0.25, 0.3) is 10.2 Å². The van der Waals surface area contributed by atoms with Crippen LogP contribution in [0.1, 0.15) is 11.1 Å². The molecular formula is C24H24N4OS2. The van der Waals surface area contributed by atoms with Gasteiger partial charge in [-0.25, -0.2) is 9.98 Å². The molecule has 4 rings (SSSR count). The van der Waals surface area contributed by atoms with Gasteiger partial charge in [0.15, 0.2) is 10.3 Å². The normalized spacial score (nSPS) is 11.7. The van der Waals surface area contributed by atoms with Gasteiger partial charge in [0.2, 0.25) is 0 Å². The first-order valence-corrected chi connectivity index (χ1v) is 11.9. The fourth-order valence-corrected chi connectivity index (χ4v) is 4.76. The van der Waals surface area contributed by atoms with Crippen LogP contribution < -0.4 is 11.1 Å². The van der Waals surface area contributed by atoms with Crippen LogP contribution in [0.4, 0.5) is 10.8 Å². The summed E-state index contributed by atoms with van der Waals surface area (Å²) in [7, 11) is 0. The van der Waals surface area contributed by atoms with Crippen molar-refractivity contribution in [1.82, 2.24) is 4.98 Å². The van der Waals surface area contributed by atoms with Gasteiger partial charge in [-0.15, -0.1) is 0 Å². The number of benzene rings is 3. The summed E-state index contributed by atoms with van der Waals surface area (Å²) in [5, 5.41) is 14.4. The number of aliphatic imine (C=N–C) groups is 1. The average molecular weight is 449 g/mol. The monoisotopic (exact) mass is 448 g/mol. The number of nitrogens with zero attached hydrogens (tertiary/aromatic N) is 2. The molecule has 0 aliphatic heterocycles. The third kappa shape index (κ3) is 6.23. The molecule has 0 bridgehead atoms. The molecule has 1 aromatic heterocycles. The number of rotatable bonds is 8. The molecular weight excluding hydrogens is 424 g/mol. The lowest BCUT2D eigenvalue weighted by molar-refractivity contribution is 0.476. The number of thioether (sulfide) groups is 1. The van der Waals surface area contributed by atoms with Crippen molar-refractivity contribution in [1.29, 1.82) is 0 Å². The van der Waals surface area contributed by atoms with Crippen molar-refractivity contribution in [3.8, 4) is 5.75 Å². The number of phenolic OH excluding ortho intramolecular Hbond substituents is 1. The molecule has 1 heterocycles. The van der Waals surface area contributed by atoms with Gasteiger partial charge in [-0.2, -0.15) is 0 Å². The first-order valence-electron chi connectivity index (χ1n) is 10.1. The van der Waals surface area contributed by atoms with Crippen molar-refractivity contribution in [2.75, 3.05) is 17.6 Å². The smallest absolute Gasteiger partial charge is 0.183 e. The zero-order valence-electron chi connectivity index (χ0n) is 17.0. The van der Waals surface area contributed by atoms with Gasteiger partial charge in [0.1, 0.15) is 5.75 Å². The first-order chi connectivity index (χ1) is 15.2. The Hall–Kier alpha value is -3.03. The summed E-state index contributed by atoms with van der Waals surface area (Å²) in [4.78, 5) is 9.04. The Kier molecular flexibility index (Phi) is 7.07. The number of amidine groups is 1. The molecule has 4 N–H and O–H groups in total. The molecule has 0 atom stereocenters. The lowest BCUT2D eigenvalue weighted by atomic mass is 10.1. The number of aromatic nitrogens is 1. The Labute approximate surface area is 190 Å². The summed E-state index contributed by atoms with van der Waals surface area (Å²) in [6.07, 6.45) is 1.86. The molecule has 0 saturated heterocycles. The van der Waals surface area contributed by atoms with Crippen LogP contribution in [0, 0.1) is 0 Å². The molecule has 0 fully saturated rings. The summed E-state index contributed by atoms with van der Waals surface area (Å²) in [6, 6.07) is 23.8. The van der Waals surface area contributed by atoms with Gasteiger partial charge in [0.05, 0.1) is 15.9 Å². The van der Waals surface area contributed by atoms with E-state index in [0.717, 1.165) is 46.2 Å². The van der Waals surface area contributed by atoms with Crippen molar-refractivity contribution < 1.29 is 5.11 Å². The number of phenols is 1. The molecule has 3 aromatic carbocycles. The van der Waals surface area contributed by atoms with E-state index in [0.29, 0.717) is 5.17 Å². The predicted octanol–water partition coefficient (Wildman–Crippen LogP) is 5.58. The number of nitrogens with one attached hydrogen (secondary N) is 1. The van der Waals surface area contributed by atoms with Gasteiger partial charge in [0.25, 0.3) is 0 Å². The van der Waals surface area contributed by atoms with Gasteiger partial charge < -0.3 is 16.2 Å². The van der Waals surface area contributed by atoms with E-state index in [4.69, 9.17) is 5.73 Å². The zero-order valence-corrected chi connectivity index (χ0v) is 18.6. The van der Waals surface area contributed by atoms with Gasteiger partial charge in [-0.05, 0) is 54.3 Å². The highest BCUT2D eigenvalue weighted by molar-refractivity contribution is 8.13. The standard InChI is InChI=1S/C24H24N4OS2/c25-23(30-15-13-17-4-2-1-3-5-17)27-19-8-6-18(7-9-19)12-14-26-24-28-21-11-10-20(29)16-22(21)31-24/h1-11,16,29H,12-15H2,(H2,25,27)(H,26,28). The van der Waals surface area contributed by atoms with Gasteiger partial charge in [-0.3, -0.25) is 0 Å². The van der Waals surface area contributed by atoms with Crippen LogP contribution in [0.5, 0.6) is 5.75 Å². The Morgan fingerprint density at radius 2 is 1.77 bits per heavy atom. The third-order valence-electron chi connectivity index (χ3n) is 4.72. The van der Waals surface area contributed by atoms with E-state index in [1.807, 2.05) is 24.3 Å². The van der Waals surface area contributed by atoms with E-state index in [9.17, 15) is 5.11 Å². The van der Waals surface area contributed by atoms with Gasteiger partial charge >= 0.3 is 0 Å². The fourth-order valence-electron chi connectivity index (χ4n) is 3.12. The second-order valence-corrected chi connectivity index (χ2v) is 9.19. The molecule has 0 saturated carbocycles. The molecule has 0 amide bonds. The minimum absolute atomic E-state index is 0.265. The van der Waals surface area contributed by atoms with Crippen LogP contribution in [0.15, 0.2) is 77.8 Å². The van der Waals surface area contributed by atoms with Crippen molar-refractivity contribution in [3.05, 3.63) is 83.9 Å². The number of thiazole rings is 1. The highest BCUT2D eigenvalue weighted by Gasteiger charge is 2.04. The Balaban J connectivity index is 1.24. The highest BCUT2D eigenvalue weighted by atomic mass is 32.2. The van der Waals surface area contributed by atoms with Gasteiger partial charge in [-0.1, -0.05) is 65.6 Å². The summed E-state index contributed by atoms with van der Waals surface area (Å²) in [5.41, 5.74) is 10.4. The summed E-state index contributed by atoms with van der Waals surface area (Å²) in [6.45, 7) is 0.784. The Morgan fingerprint density at radius 3 is 2.58 bits per heavy atom. The quantitative estimate of drug-likeness (QED) is 0.242. The molecule has 31 heavy (non-hydrogen) atoms. The predicted molar refractivity (Wildman–Crippen MR) is 134 cm³/mol. The second-order valence-electron chi connectivity index (χ2n) is 7.05. The number of fused-ring (bicyclic) bond motifs is 1. The van der Waals surface area contributed by atoms with E-state index < -0.39 is 0 Å². The molecule has 0 spiro atoms. The zero-order chi connectivity index (χ0) is 21.5. The van der Waals surface area contributed by atoms with Crippen molar-refractivity contribution in [3.63, 3.8) is 0 Å². The van der Waals surface area contributed by atoms with Crippen molar-refractivity contribution in [2.24, 2.45) is 10.7 Å². The summed E-state index contributed by atoms with van der Waals surface area (Å²) < 4.78 is 0.976. The largest absolute Gasteiger partial charge is 0.508 e. The van der Waals surface area contributed by atoms with Crippen molar-refractivity contribution in [2.45, 2.75) is 12.8 Å². The summed E-state index contributed by atoms with van der Waals surface area (Å²) >= 11 is 3.13. The lowest BCUT2D eigenvalue weighted by Crippen LogP contribution is -2.07.